The molecule has 0 aliphatic carbocycles. The van der Waals surface area contributed by atoms with Crippen molar-refractivity contribution in [2.45, 2.75) is 31.9 Å². The Morgan fingerprint density at radius 2 is 1.90 bits per heavy atom. The van der Waals surface area contributed by atoms with E-state index in [9.17, 15) is 13.2 Å². The average molecular weight is 433 g/mol. The summed E-state index contributed by atoms with van der Waals surface area (Å²) >= 11 is 0. The average Bonchev–Trinajstić information content (AvgIpc) is 2.76. The minimum absolute atomic E-state index is 0.136. The Kier molecular flexibility index (Phi) is 7.33. The molecule has 1 atom stereocenters. The zero-order valence-electron chi connectivity index (χ0n) is 17.3. The van der Waals surface area contributed by atoms with Gasteiger partial charge in [-0.3, -0.25) is 4.79 Å². The number of hydrogen-bond acceptors (Lipinski definition) is 5. The highest BCUT2D eigenvalue weighted by molar-refractivity contribution is 7.88. The molecule has 0 spiro atoms. The number of nitrogens with one attached hydrogen (secondary N) is 1. The lowest BCUT2D eigenvalue weighted by Crippen LogP contribution is -2.49. The number of benzene rings is 2. The molecule has 3 rings (SSSR count). The number of carbonyl (C=O) groups excluding carboxylic acids is 1. The Morgan fingerprint density at radius 3 is 2.60 bits per heavy atom. The molecule has 1 amide bonds. The van der Waals surface area contributed by atoms with Gasteiger partial charge in [0.05, 0.1) is 13.4 Å². The second-order valence-electron chi connectivity index (χ2n) is 7.41. The molecule has 0 aromatic heterocycles. The van der Waals surface area contributed by atoms with Crippen molar-refractivity contribution in [3.63, 3.8) is 0 Å². The maximum Gasteiger partial charge on any atom is 0.254 e. The molecule has 0 bridgehead atoms. The van der Waals surface area contributed by atoms with Gasteiger partial charge in [-0.15, -0.1) is 0 Å². The third-order valence-electron chi connectivity index (χ3n) is 5.12. The molecule has 1 saturated heterocycles. The number of rotatable bonds is 8. The van der Waals surface area contributed by atoms with Crippen LogP contribution in [-0.4, -0.2) is 51.7 Å². The largest absolute Gasteiger partial charge is 0.493 e. The highest BCUT2D eigenvalue weighted by atomic mass is 32.2. The van der Waals surface area contributed by atoms with E-state index in [1.807, 2.05) is 30.3 Å². The van der Waals surface area contributed by atoms with Crippen molar-refractivity contribution in [1.82, 2.24) is 9.62 Å². The summed E-state index contributed by atoms with van der Waals surface area (Å²) in [7, 11) is -1.77. The van der Waals surface area contributed by atoms with E-state index >= 15 is 0 Å². The first kappa shape index (κ1) is 22.1. The fraction of sp³-hybridized carbons (Fsp3) is 0.409. The van der Waals surface area contributed by atoms with Crippen LogP contribution in [0.5, 0.6) is 11.5 Å². The Hall–Kier alpha value is -2.58. The van der Waals surface area contributed by atoms with Crippen molar-refractivity contribution in [2.24, 2.45) is 0 Å². The SMILES string of the molecule is COc1cc(C(=O)N2CCCCC2CNS(C)(=O)=O)ccc1OCc1ccccc1. The molecule has 2 aromatic carbocycles. The second-order valence-corrected chi connectivity index (χ2v) is 9.24. The van der Waals surface area contributed by atoms with E-state index < -0.39 is 10.0 Å². The predicted molar refractivity (Wildman–Crippen MR) is 115 cm³/mol. The van der Waals surface area contributed by atoms with Gasteiger partial charge in [0.2, 0.25) is 10.0 Å². The van der Waals surface area contributed by atoms with Gasteiger partial charge in [0.15, 0.2) is 11.5 Å². The third-order valence-corrected chi connectivity index (χ3v) is 5.81. The molecule has 7 nitrogen and oxygen atoms in total. The molecule has 162 valence electrons. The Labute approximate surface area is 178 Å². The van der Waals surface area contributed by atoms with E-state index in [2.05, 4.69) is 4.72 Å². The van der Waals surface area contributed by atoms with Crippen LogP contribution >= 0.6 is 0 Å². The van der Waals surface area contributed by atoms with Crippen LogP contribution in [0.4, 0.5) is 0 Å². The van der Waals surface area contributed by atoms with Gasteiger partial charge in [0.25, 0.3) is 5.91 Å². The first-order valence-corrected chi connectivity index (χ1v) is 11.9. The van der Waals surface area contributed by atoms with E-state index in [1.54, 1.807) is 30.2 Å². The number of nitrogens with zero attached hydrogens (tertiary/aromatic N) is 1. The Bertz CT molecular complexity index is 963. The molecule has 1 aliphatic rings. The summed E-state index contributed by atoms with van der Waals surface area (Å²) in [6, 6.07) is 14.8. The molecular formula is C22H28N2O5S. The maximum absolute atomic E-state index is 13.1. The van der Waals surface area contributed by atoms with E-state index in [4.69, 9.17) is 9.47 Å². The quantitative estimate of drug-likeness (QED) is 0.693. The molecular weight excluding hydrogens is 404 g/mol. The highest BCUT2D eigenvalue weighted by Gasteiger charge is 2.28. The number of ether oxygens (including phenoxy) is 2. The van der Waals surface area contributed by atoms with Gasteiger partial charge in [0, 0.05) is 24.7 Å². The highest BCUT2D eigenvalue weighted by Crippen LogP contribution is 2.30. The van der Waals surface area contributed by atoms with Crippen LogP contribution in [0.25, 0.3) is 0 Å². The van der Waals surface area contributed by atoms with Crippen LogP contribution < -0.4 is 14.2 Å². The van der Waals surface area contributed by atoms with Crippen molar-refractivity contribution in [2.75, 3.05) is 26.5 Å². The van der Waals surface area contributed by atoms with Crippen molar-refractivity contribution in [1.29, 1.82) is 0 Å². The molecule has 0 saturated carbocycles. The van der Waals surface area contributed by atoms with E-state index in [-0.39, 0.29) is 18.5 Å². The predicted octanol–water partition coefficient (Wildman–Crippen LogP) is 2.82. The van der Waals surface area contributed by atoms with Crippen LogP contribution in [0.2, 0.25) is 0 Å². The fourth-order valence-electron chi connectivity index (χ4n) is 3.55. The Morgan fingerprint density at radius 1 is 1.13 bits per heavy atom. The molecule has 1 fully saturated rings. The van der Waals surface area contributed by atoms with E-state index in [1.165, 1.54) is 0 Å². The minimum Gasteiger partial charge on any atom is -0.493 e. The Balaban J connectivity index is 1.72. The van der Waals surface area contributed by atoms with Gasteiger partial charge in [-0.25, -0.2) is 13.1 Å². The lowest BCUT2D eigenvalue weighted by molar-refractivity contribution is 0.0618. The number of sulfonamides is 1. The van der Waals surface area contributed by atoms with Gasteiger partial charge in [-0.2, -0.15) is 0 Å². The zero-order chi connectivity index (χ0) is 21.6. The fourth-order valence-corrected chi connectivity index (χ4v) is 4.04. The minimum atomic E-state index is -3.31. The normalized spacial score (nSPS) is 16.9. The van der Waals surface area contributed by atoms with E-state index in [0.717, 1.165) is 31.1 Å². The van der Waals surface area contributed by atoms with Crippen LogP contribution in [0.3, 0.4) is 0 Å². The van der Waals surface area contributed by atoms with Gasteiger partial charge in [-0.05, 0) is 43.0 Å². The molecule has 1 heterocycles. The third kappa shape index (κ3) is 5.96. The zero-order valence-corrected chi connectivity index (χ0v) is 18.2. The van der Waals surface area contributed by atoms with Gasteiger partial charge in [-0.1, -0.05) is 30.3 Å². The van der Waals surface area contributed by atoms with Crippen LogP contribution in [-0.2, 0) is 16.6 Å². The van der Waals surface area contributed by atoms with Crippen LogP contribution in [0, 0.1) is 0 Å². The number of amides is 1. The number of piperidine rings is 1. The summed E-state index contributed by atoms with van der Waals surface area (Å²) in [4.78, 5) is 14.9. The lowest BCUT2D eigenvalue weighted by Gasteiger charge is -2.36. The first-order valence-electron chi connectivity index (χ1n) is 9.98. The summed E-state index contributed by atoms with van der Waals surface area (Å²) in [6.45, 7) is 1.22. The number of methoxy groups -OCH3 is 1. The topological polar surface area (TPSA) is 84.9 Å². The van der Waals surface area contributed by atoms with Crippen molar-refractivity contribution in [3.8, 4) is 11.5 Å². The monoisotopic (exact) mass is 432 g/mol. The molecule has 1 unspecified atom stereocenters. The smallest absolute Gasteiger partial charge is 0.254 e. The summed E-state index contributed by atoms with van der Waals surface area (Å²) in [6.07, 6.45) is 3.76. The van der Waals surface area contributed by atoms with E-state index in [0.29, 0.717) is 30.2 Å². The molecule has 30 heavy (non-hydrogen) atoms. The molecule has 0 radical (unpaired) electrons. The van der Waals surface area contributed by atoms with Crippen LogP contribution in [0.15, 0.2) is 48.5 Å². The van der Waals surface area contributed by atoms with Crippen molar-refractivity contribution in [3.05, 3.63) is 59.7 Å². The molecule has 1 N–H and O–H groups in total. The van der Waals surface area contributed by atoms with Crippen molar-refractivity contribution >= 4 is 15.9 Å². The number of likely N-dealkylation sites (tertiary alicyclic amines) is 1. The summed E-state index contributed by atoms with van der Waals surface area (Å²) < 4.78 is 36.8. The number of carbonyl (C=O) groups is 1. The summed E-state index contributed by atoms with van der Waals surface area (Å²) in [5, 5.41) is 0. The lowest BCUT2D eigenvalue weighted by atomic mass is 10.0. The number of hydrogen-bond donors (Lipinski definition) is 1. The van der Waals surface area contributed by atoms with Gasteiger partial charge < -0.3 is 14.4 Å². The molecule has 8 heteroatoms. The standard InChI is InChI=1S/C22H28N2O5S/c1-28-21-14-18(11-12-20(21)29-16-17-8-4-3-5-9-17)22(25)24-13-7-6-10-19(24)15-23-30(2,26)27/h3-5,8-9,11-12,14,19,23H,6-7,10,13,15-16H2,1-2H3. The maximum atomic E-state index is 13.1. The summed E-state index contributed by atoms with van der Waals surface area (Å²) in [5.41, 5.74) is 1.53. The molecule has 1 aliphatic heterocycles. The summed E-state index contributed by atoms with van der Waals surface area (Å²) in [5.74, 6) is 0.911. The second kappa shape index (κ2) is 9.95. The molecule has 2 aromatic rings. The van der Waals surface area contributed by atoms with Gasteiger partial charge >= 0.3 is 0 Å². The van der Waals surface area contributed by atoms with Crippen LogP contribution in [0.1, 0.15) is 35.2 Å². The first-order chi connectivity index (χ1) is 14.4. The van der Waals surface area contributed by atoms with Crippen molar-refractivity contribution < 1.29 is 22.7 Å². The van der Waals surface area contributed by atoms with Gasteiger partial charge in [0.1, 0.15) is 6.61 Å².